The van der Waals surface area contributed by atoms with E-state index in [9.17, 15) is 4.79 Å². The van der Waals surface area contributed by atoms with Crippen LogP contribution in [0.15, 0.2) is 33.3 Å². The number of hydrogen-bond acceptors (Lipinski definition) is 3. The van der Waals surface area contributed by atoms with Gasteiger partial charge in [-0.3, -0.25) is 9.48 Å². The van der Waals surface area contributed by atoms with Gasteiger partial charge in [-0.05, 0) is 34.1 Å². The maximum absolute atomic E-state index is 12.3. The third kappa shape index (κ3) is 3.08. The first kappa shape index (κ1) is 15.1. The summed E-state index contributed by atoms with van der Waals surface area (Å²) in [5, 5.41) is 6.80. The van der Waals surface area contributed by atoms with Gasteiger partial charge in [0.25, 0.3) is 5.91 Å². The highest BCUT2D eigenvalue weighted by Gasteiger charge is 2.16. The zero-order valence-electron chi connectivity index (χ0n) is 10.4. The number of aromatic nitrogens is 2. The van der Waals surface area contributed by atoms with E-state index in [4.69, 9.17) is 18.0 Å². The van der Waals surface area contributed by atoms with Crippen molar-refractivity contribution in [2.75, 3.05) is 5.32 Å². The maximum Gasteiger partial charge on any atom is 0.257 e. The molecule has 0 aliphatic carbocycles. The van der Waals surface area contributed by atoms with Gasteiger partial charge in [-0.15, -0.1) is 0 Å². The number of nitrogens with one attached hydrogen (secondary N) is 1. The Morgan fingerprint density at radius 3 is 2.70 bits per heavy atom. The van der Waals surface area contributed by atoms with Gasteiger partial charge in [-0.2, -0.15) is 5.10 Å². The summed E-state index contributed by atoms with van der Waals surface area (Å²) in [6, 6.07) is 5.30. The Bertz CT molecular complexity index is 699. The molecule has 0 saturated carbocycles. The molecule has 2 rings (SSSR count). The first-order valence-corrected chi connectivity index (χ1v) is 7.47. The number of aryl methyl sites for hydroxylation is 1. The van der Waals surface area contributed by atoms with Crippen LogP contribution in [0.5, 0.6) is 0 Å². The fraction of sp³-hybridized carbons (Fsp3) is 0.0833. The van der Waals surface area contributed by atoms with Gasteiger partial charge in [-0.25, -0.2) is 0 Å². The van der Waals surface area contributed by atoms with E-state index < -0.39 is 0 Å². The second kappa shape index (κ2) is 6.02. The van der Waals surface area contributed by atoms with Crippen LogP contribution in [0.4, 0.5) is 5.82 Å². The summed E-state index contributed by atoms with van der Waals surface area (Å²) in [6.07, 6.45) is 1.52. The fourth-order valence-corrected chi connectivity index (χ4v) is 2.99. The van der Waals surface area contributed by atoms with Gasteiger partial charge in [-0.1, -0.05) is 28.1 Å². The summed E-state index contributed by atoms with van der Waals surface area (Å²) in [6.45, 7) is 0. The number of rotatable bonds is 3. The minimum absolute atomic E-state index is 0.184. The average Bonchev–Trinajstić information content (AvgIpc) is 2.71. The Hall–Kier alpha value is -1.25. The van der Waals surface area contributed by atoms with Crippen LogP contribution < -0.4 is 11.1 Å². The monoisotopic (exact) mass is 416 g/mol. The van der Waals surface area contributed by atoms with Crippen molar-refractivity contribution in [3.05, 3.63) is 44.5 Å². The van der Waals surface area contributed by atoms with Crippen LogP contribution in [0.2, 0.25) is 0 Å². The topological polar surface area (TPSA) is 72.9 Å². The second-order valence-corrected chi connectivity index (χ2v) is 6.18. The van der Waals surface area contributed by atoms with E-state index in [1.807, 2.05) is 0 Å². The highest BCUT2D eigenvalue weighted by atomic mass is 79.9. The first-order chi connectivity index (χ1) is 9.40. The molecule has 3 N–H and O–H groups in total. The largest absolute Gasteiger partial charge is 0.389 e. The van der Waals surface area contributed by atoms with Crippen molar-refractivity contribution in [3.63, 3.8) is 0 Å². The number of amides is 1. The summed E-state index contributed by atoms with van der Waals surface area (Å²) in [4.78, 5) is 12.5. The molecule has 0 aliphatic heterocycles. The third-order valence-electron chi connectivity index (χ3n) is 2.61. The molecule has 0 bridgehead atoms. The molecule has 1 amide bonds. The average molecular weight is 418 g/mol. The summed E-state index contributed by atoms with van der Waals surface area (Å²) >= 11 is 11.6. The summed E-state index contributed by atoms with van der Waals surface area (Å²) in [5.74, 6) is 0.197. The molecule has 1 aromatic heterocycles. The lowest BCUT2D eigenvalue weighted by Gasteiger charge is -2.09. The van der Waals surface area contributed by atoms with Crippen LogP contribution in [0.25, 0.3) is 0 Å². The van der Waals surface area contributed by atoms with Gasteiger partial charge in [0.05, 0.1) is 17.3 Å². The van der Waals surface area contributed by atoms with Crippen molar-refractivity contribution in [1.82, 2.24) is 9.78 Å². The van der Waals surface area contributed by atoms with E-state index in [0.29, 0.717) is 21.4 Å². The SMILES string of the molecule is Cn1ncc(C(N)=S)c1NC(=O)c1ccc(Br)cc1Br. The predicted molar refractivity (Wildman–Crippen MR) is 88.9 cm³/mol. The van der Waals surface area contributed by atoms with Crippen molar-refractivity contribution in [3.8, 4) is 0 Å². The lowest BCUT2D eigenvalue weighted by Crippen LogP contribution is -2.19. The molecule has 2 aromatic rings. The van der Waals surface area contributed by atoms with Crippen LogP contribution in [-0.2, 0) is 7.05 Å². The number of halogens is 2. The van der Waals surface area contributed by atoms with Gasteiger partial charge < -0.3 is 11.1 Å². The Labute approximate surface area is 137 Å². The van der Waals surface area contributed by atoms with Crippen molar-refractivity contribution in [2.45, 2.75) is 0 Å². The molecule has 5 nitrogen and oxygen atoms in total. The van der Waals surface area contributed by atoms with Gasteiger partial charge in [0.2, 0.25) is 0 Å². The zero-order chi connectivity index (χ0) is 14.9. The molecule has 0 atom stereocenters. The second-order valence-electron chi connectivity index (χ2n) is 3.97. The van der Waals surface area contributed by atoms with Crippen LogP contribution in [0, 0.1) is 0 Å². The number of thiocarbonyl (C=S) groups is 1. The van der Waals surface area contributed by atoms with Crippen LogP contribution in [-0.4, -0.2) is 20.7 Å². The van der Waals surface area contributed by atoms with Gasteiger partial charge in [0.15, 0.2) is 0 Å². The summed E-state index contributed by atoms with van der Waals surface area (Å²) in [5.41, 5.74) is 6.64. The van der Waals surface area contributed by atoms with Gasteiger partial charge in [0, 0.05) is 16.0 Å². The van der Waals surface area contributed by atoms with E-state index in [0.717, 1.165) is 4.47 Å². The molecule has 0 saturated heterocycles. The zero-order valence-corrected chi connectivity index (χ0v) is 14.3. The molecule has 104 valence electrons. The number of benzene rings is 1. The highest BCUT2D eigenvalue weighted by molar-refractivity contribution is 9.11. The van der Waals surface area contributed by atoms with E-state index in [2.05, 4.69) is 42.3 Å². The number of nitrogens with zero attached hydrogens (tertiary/aromatic N) is 2. The highest BCUT2D eigenvalue weighted by Crippen LogP contribution is 2.23. The number of nitrogens with two attached hydrogens (primary N) is 1. The third-order valence-corrected chi connectivity index (χ3v) is 3.98. The molecular formula is C12H10Br2N4OS. The molecule has 1 aromatic carbocycles. The quantitative estimate of drug-likeness (QED) is 0.753. The predicted octanol–water partition coefficient (Wildman–Crippen LogP) is 2.83. The Balaban J connectivity index is 2.33. The summed E-state index contributed by atoms with van der Waals surface area (Å²) in [7, 11) is 1.70. The van der Waals surface area contributed by atoms with E-state index in [-0.39, 0.29) is 10.9 Å². The van der Waals surface area contributed by atoms with Crippen molar-refractivity contribution < 1.29 is 4.79 Å². The Morgan fingerprint density at radius 1 is 1.40 bits per heavy atom. The molecule has 8 heteroatoms. The molecule has 1 heterocycles. The molecule has 20 heavy (non-hydrogen) atoms. The van der Waals surface area contributed by atoms with Crippen LogP contribution >= 0.6 is 44.1 Å². The fourth-order valence-electron chi connectivity index (χ4n) is 1.61. The lowest BCUT2D eigenvalue weighted by molar-refractivity contribution is 0.102. The first-order valence-electron chi connectivity index (χ1n) is 5.48. The minimum Gasteiger partial charge on any atom is -0.389 e. The number of carbonyl (C=O) groups excluding carboxylic acids is 1. The molecular weight excluding hydrogens is 408 g/mol. The van der Waals surface area contributed by atoms with E-state index in [1.165, 1.54) is 10.9 Å². The molecule has 0 aliphatic rings. The smallest absolute Gasteiger partial charge is 0.257 e. The van der Waals surface area contributed by atoms with Gasteiger partial charge in [0.1, 0.15) is 10.8 Å². The van der Waals surface area contributed by atoms with Crippen molar-refractivity contribution >= 4 is 60.8 Å². The van der Waals surface area contributed by atoms with Crippen molar-refractivity contribution in [2.24, 2.45) is 12.8 Å². The normalized spacial score (nSPS) is 10.3. The van der Waals surface area contributed by atoms with Gasteiger partial charge >= 0.3 is 0 Å². The van der Waals surface area contributed by atoms with Crippen LogP contribution in [0.3, 0.4) is 0 Å². The molecule has 0 radical (unpaired) electrons. The standard InChI is InChI=1S/C12H10Br2N4OS/c1-18-11(8(5-16-18)10(15)20)17-12(19)7-3-2-6(13)4-9(7)14/h2-5H,1H3,(H2,15,20)(H,17,19). The number of hydrogen-bond donors (Lipinski definition) is 2. The van der Waals surface area contributed by atoms with E-state index >= 15 is 0 Å². The summed E-state index contributed by atoms with van der Waals surface area (Å²) < 4.78 is 3.08. The Morgan fingerprint density at radius 2 is 2.10 bits per heavy atom. The van der Waals surface area contributed by atoms with Crippen molar-refractivity contribution in [1.29, 1.82) is 0 Å². The molecule has 0 fully saturated rings. The molecule has 0 spiro atoms. The number of carbonyl (C=O) groups is 1. The Kier molecular flexibility index (Phi) is 4.56. The number of anilines is 1. The minimum atomic E-state index is -0.273. The van der Waals surface area contributed by atoms with Crippen LogP contribution in [0.1, 0.15) is 15.9 Å². The molecule has 0 unspecified atom stereocenters. The lowest BCUT2D eigenvalue weighted by atomic mass is 10.2. The van der Waals surface area contributed by atoms with E-state index in [1.54, 1.807) is 25.2 Å². The maximum atomic E-state index is 12.3.